The highest BCUT2D eigenvalue weighted by atomic mass is 35.5. The Morgan fingerprint density at radius 1 is 1.18 bits per heavy atom. The third-order valence-corrected chi connectivity index (χ3v) is 2.07. The van der Waals surface area contributed by atoms with Crippen LogP contribution in [0.4, 0.5) is 0 Å². The number of aryl methyl sites for hydroxylation is 1. The number of aromatic nitrogens is 2. The van der Waals surface area contributed by atoms with Crippen molar-refractivity contribution in [2.45, 2.75) is 6.92 Å². The quantitative estimate of drug-likeness (QED) is 0.684. The van der Waals surface area contributed by atoms with Crippen molar-refractivity contribution in [1.29, 1.82) is 5.26 Å². The van der Waals surface area contributed by atoms with Gasteiger partial charge in [-0.25, -0.2) is 9.97 Å². The maximum atomic E-state index is 8.23. The fraction of sp³-hybridized carbons (Fsp3) is 0.0833. The molecule has 0 spiro atoms. The minimum Gasteiger partial charge on any atom is -0.246 e. The van der Waals surface area contributed by atoms with Crippen molar-refractivity contribution < 1.29 is 0 Å². The Hall–Kier alpha value is -1.63. The van der Waals surface area contributed by atoms with Crippen LogP contribution in [0.3, 0.4) is 0 Å². The molecule has 0 saturated carbocycles. The molecule has 0 amide bonds. The first-order valence-electron chi connectivity index (χ1n) is 4.72. The number of hydrogen-bond acceptors (Lipinski definition) is 3. The molecule has 0 aliphatic heterocycles. The third-order valence-electron chi connectivity index (χ3n) is 1.69. The molecule has 2 rings (SSSR count). The summed E-state index contributed by atoms with van der Waals surface area (Å²) in [5.74, 6) is 0. The summed E-state index contributed by atoms with van der Waals surface area (Å²) >= 11 is 11.1. The van der Waals surface area contributed by atoms with E-state index in [1.165, 1.54) is 0 Å². The van der Waals surface area contributed by atoms with Crippen LogP contribution >= 0.6 is 23.2 Å². The number of hydrogen-bond donors (Lipinski definition) is 0. The smallest absolute Gasteiger partial charge is 0.140 e. The maximum Gasteiger partial charge on any atom is 0.140 e. The van der Waals surface area contributed by atoms with Crippen molar-refractivity contribution in [3.8, 4) is 6.07 Å². The van der Waals surface area contributed by atoms with Gasteiger partial charge < -0.3 is 0 Å². The molecule has 2 aromatic heterocycles. The van der Waals surface area contributed by atoms with Gasteiger partial charge in [-0.3, -0.25) is 0 Å². The monoisotopic (exact) mass is 265 g/mol. The Labute approximate surface area is 110 Å². The highest BCUT2D eigenvalue weighted by Crippen LogP contribution is 2.12. The van der Waals surface area contributed by atoms with Crippen LogP contribution in [0.2, 0.25) is 10.3 Å². The van der Waals surface area contributed by atoms with Gasteiger partial charge in [0.15, 0.2) is 0 Å². The van der Waals surface area contributed by atoms with Gasteiger partial charge in [0.05, 0.1) is 0 Å². The lowest BCUT2D eigenvalue weighted by atomic mass is 10.3. The fourth-order valence-corrected chi connectivity index (χ4v) is 1.58. The Kier molecular flexibility index (Phi) is 5.41. The Morgan fingerprint density at radius 2 is 1.82 bits per heavy atom. The van der Waals surface area contributed by atoms with E-state index in [0.717, 1.165) is 5.56 Å². The molecule has 5 heteroatoms. The molecule has 0 aliphatic rings. The molecule has 3 nitrogen and oxygen atoms in total. The summed E-state index contributed by atoms with van der Waals surface area (Å²) in [7, 11) is 0. The Bertz CT molecular complexity index is 471. The molecule has 0 fully saturated rings. The number of rotatable bonds is 0. The van der Waals surface area contributed by atoms with Gasteiger partial charge in [0.25, 0.3) is 0 Å². The Morgan fingerprint density at radius 3 is 2.18 bits per heavy atom. The molecule has 2 heterocycles. The largest absolute Gasteiger partial charge is 0.246 e. The van der Waals surface area contributed by atoms with Gasteiger partial charge in [-0.15, -0.1) is 0 Å². The molecule has 0 saturated heterocycles. The van der Waals surface area contributed by atoms with E-state index in [9.17, 15) is 0 Å². The average molecular weight is 266 g/mol. The van der Waals surface area contributed by atoms with E-state index in [1.54, 1.807) is 36.5 Å². The molecule has 0 unspecified atom stereocenters. The highest BCUT2D eigenvalue weighted by molar-refractivity contribution is 6.32. The molecule has 0 radical (unpaired) electrons. The lowest BCUT2D eigenvalue weighted by Crippen LogP contribution is -1.77. The second kappa shape index (κ2) is 6.85. The predicted octanol–water partition coefficient (Wildman–Crippen LogP) is 3.65. The molecule has 86 valence electrons. The molecule has 0 aromatic carbocycles. The first kappa shape index (κ1) is 13.4. The van der Waals surface area contributed by atoms with Crippen molar-refractivity contribution in [1.82, 2.24) is 9.97 Å². The average Bonchev–Trinajstić information content (AvgIpc) is 2.29. The predicted molar refractivity (Wildman–Crippen MR) is 67.9 cm³/mol. The summed E-state index contributed by atoms with van der Waals surface area (Å²) < 4.78 is 0. The third kappa shape index (κ3) is 5.30. The standard InChI is InChI=1S/C6H5Cl2N.C6H4N2/c1-4-2-5(7)9-6(8)3-4;7-5-6-3-1-2-4-8-6/h2-3H,1H3;1-4H. The molecule has 0 N–H and O–H groups in total. The number of pyridine rings is 2. The minimum absolute atomic E-state index is 0.444. The van der Waals surface area contributed by atoms with Crippen molar-refractivity contribution >= 4 is 23.2 Å². The normalized spacial score (nSPS) is 8.82. The lowest BCUT2D eigenvalue weighted by molar-refractivity contribution is 1.26. The first-order valence-corrected chi connectivity index (χ1v) is 5.48. The van der Waals surface area contributed by atoms with Gasteiger partial charge in [0, 0.05) is 6.20 Å². The SMILES string of the molecule is Cc1cc(Cl)nc(Cl)c1.N#Cc1ccccn1. The van der Waals surface area contributed by atoms with Crippen LogP contribution in [-0.4, -0.2) is 9.97 Å². The van der Waals surface area contributed by atoms with Crippen LogP contribution in [0.25, 0.3) is 0 Å². The highest BCUT2D eigenvalue weighted by Gasteiger charge is 1.92. The van der Waals surface area contributed by atoms with Crippen LogP contribution in [-0.2, 0) is 0 Å². The summed E-state index contributed by atoms with van der Waals surface area (Å²) in [5.41, 5.74) is 1.49. The van der Waals surface area contributed by atoms with Gasteiger partial charge in [-0.05, 0) is 36.8 Å². The second-order valence-corrected chi connectivity index (χ2v) is 3.89. The summed E-state index contributed by atoms with van der Waals surface area (Å²) in [5, 5.41) is 9.11. The van der Waals surface area contributed by atoms with Crippen molar-refractivity contribution in [2.75, 3.05) is 0 Å². The number of halogens is 2. The molecule has 2 aromatic rings. The van der Waals surface area contributed by atoms with E-state index >= 15 is 0 Å². The zero-order chi connectivity index (χ0) is 12.7. The second-order valence-electron chi connectivity index (χ2n) is 3.12. The summed E-state index contributed by atoms with van der Waals surface area (Å²) in [6.07, 6.45) is 1.60. The molecule has 0 atom stereocenters. The van der Waals surface area contributed by atoms with Crippen LogP contribution in [0, 0.1) is 18.3 Å². The van der Waals surface area contributed by atoms with Crippen LogP contribution < -0.4 is 0 Å². The van der Waals surface area contributed by atoms with Crippen LogP contribution in [0.5, 0.6) is 0 Å². The summed E-state index contributed by atoms with van der Waals surface area (Å²) in [4.78, 5) is 7.50. The van der Waals surface area contributed by atoms with E-state index in [2.05, 4.69) is 9.97 Å². The molecule has 0 bridgehead atoms. The van der Waals surface area contributed by atoms with Crippen molar-refractivity contribution in [2.24, 2.45) is 0 Å². The van der Waals surface area contributed by atoms with Crippen molar-refractivity contribution in [3.05, 3.63) is 58.1 Å². The van der Waals surface area contributed by atoms with Crippen LogP contribution in [0.15, 0.2) is 36.5 Å². The zero-order valence-electron chi connectivity index (χ0n) is 9.06. The summed E-state index contributed by atoms with van der Waals surface area (Å²) in [6.45, 7) is 1.92. The molecular formula is C12H9Cl2N3. The molecule has 17 heavy (non-hydrogen) atoms. The van der Waals surface area contributed by atoms with Crippen molar-refractivity contribution in [3.63, 3.8) is 0 Å². The van der Waals surface area contributed by atoms with Gasteiger partial charge >= 0.3 is 0 Å². The molecular weight excluding hydrogens is 257 g/mol. The summed E-state index contributed by atoms with van der Waals surface area (Å²) in [6, 6.07) is 10.7. The van der Waals surface area contributed by atoms with E-state index in [1.807, 2.05) is 13.0 Å². The minimum atomic E-state index is 0.444. The van der Waals surface area contributed by atoms with Gasteiger partial charge in [-0.1, -0.05) is 29.3 Å². The number of nitrogens with zero attached hydrogens (tertiary/aromatic N) is 3. The molecule has 0 aliphatic carbocycles. The van der Waals surface area contributed by atoms with Gasteiger partial charge in [-0.2, -0.15) is 5.26 Å². The lowest BCUT2D eigenvalue weighted by Gasteiger charge is -1.92. The Balaban J connectivity index is 0.000000171. The fourth-order valence-electron chi connectivity index (χ4n) is 1.01. The van der Waals surface area contributed by atoms with Crippen LogP contribution in [0.1, 0.15) is 11.3 Å². The van der Waals surface area contributed by atoms with E-state index in [-0.39, 0.29) is 0 Å². The van der Waals surface area contributed by atoms with E-state index < -0.39 is 0 Å². The van der Waals surface area contributed by atoms with E-state index in [0.29, 0.717) is 16.0 Å². The van der Waals surface area contributed by atoms with Gasteiger partial charge in [0.1, 0.15) is 22.1 Å². The number of nitriles is 1. The first-order chi connectivity index (χ1) is 8.11. The topological polar surface area (TPSA) is 49.6 Å². The zero-order valence-corrected chi connectivity index (χ0v) is 10.6. The van der Waals surface area contributed by atoms with E-state index in [4.69, 9.17) is 28.5 Å². The van der Waals surface area contributed by atoms with Gasteiger partial charge in [0.2, 0.25) is 0 Å². The maximum absolute atomic E-state index is 8.23.